The van der Waals surface area contributed by atoms with Crippen molar-refractivity contribution >= 4 is 21.6 Å². The van der Waals surface area contributed by atoms with Crippen molar-refractivity contribution in [1.29, 1.82) is 0 Å². The SMILES string of the molecule is NCCc1ccc(Br)cc1N1CCCCCCC1. The molecule has 3 heteroatoms. The number of anilines is 1. The minimum atomic E-state index is 0.725. The maximum atomic E-state index is 5.72. The van der Waals surface area contributed by atoms with Crippen LogP contribution in [0.3, 0.4) is 0 Å². The second-order valence-electron chi connectivity index (χ2n) is 5.07. The van der Waals surface area contributed by atoms with Gasteiger partial charge < -0.3 is 10.6 Å². The summed E-state index contributed by atoms with van der Waals surface area (Å²) in [6.07, 6.45) is 7.75. The molecule has 2 rings (SSSR count). The Labute approximate surface area is 119 Å². The Balaban J connectivity index is 2.19. The quantitative estimate of drug-likeness (QED) is 0.922. The van der Waals surface area contributed by atoms with Crippen LogP contribution in [-0.2, 0) is 6.42 Å². The van der Waals surface area contributed by atoms with Crippen molar-refractivity contribution in [3.8, 4) is 0 Å². The second-order valence-corrected chi connectivity index (χ2v) is 5.98. The predicted molar refractivity (Wildman–Crippen MR) is 82.2 cm³/mol. The zero-order chi connectivity index (χ0) is 12.8. The molecule has 2 nitrogen and oxygen atoms in total. The average Bonchev–Trinajstić information content (AvgIpc) is 2.32. The van der Waals surface area contributed by atoms with Crippen LogP contribution in [-0.4, -0.2) is 19.6 Å². The van der Waals surface area contributed by atoms with Crippen molar-refractivity contribution in [2.24, 2.45) is 5.73 Å². The third kappa shape index (κ3) is 3.72. The molecule has 1 aromatic carbocycles. The number of nitrogens with two attached hydrogens (primary N) is 1. The van der Waals surface area contributed by atoms with E-state index in [2.05, 4.69) is 39.0 Å². The monoisotopic (exact) mass is 310 g/mol. The molecule has 0 unspecified atom stereocenters. The number of nitrogens with zero attached hydrogens (tertiary/aromatic N) is 1. The third-order valence-electron chi connectivity index (χ3n) is 3.66. The Morgan fingerprint density at radius 3 is 2.39 bits per heavy atom. The third-order valence-corrected chi connectivity index (χ3v) is 4.15. The lowest BCUT2D eigenvalue weighted by molar-refractivity contribution is 0.555. The Bertz CT molecular complexity index is 371. The van der Waals surface area contributed by atoms with Gasteiger partial charge >= 0.3 is 0 Å². The van der Waals surface area contributed by atoms with Gasteiger partial charge in [0.15, 0.2) is 0 Å². The molecule has 0 aromatic heterocycles. The van der Waals surface area contributed by atoms with E-state index in [0.717, 1.165) is 13.0 Å². The number of rotatable bonds is 3. The largest absolute Gasteiger partial charge is 0.371 e. The summed E-state index contributed by atoms with van der Waals surface area (Å²) >= 11 is 3.59. The van der Waals surface area contributed by atoms with Crippen molar-refractivity contribution in [3.63, 3.8) is 0 Å². The fraction of sp³-hybridized carbons (Fsp3) is 0.600. The highest BCUT2D eigenvalue weighted by Crippen LogP contribution is 2.27. The first-order valence-electron chi connectivity index (χ1n) is 7.04. The smallest absolute Gasteiger partial charge is 0.0410 e. The van der Waals surface area contributed by atoms with E-state index in [9.17, 15) is 0 Å². The summed E-state index contributed by atoms with van der Waals surface area (Å²) in [6.45, 7) is 3.10. The Morgan fingerprint density at radius 2 is 1.72 bits per heavy atom. The van der Waals surface area contributed by atoms with Gasteiger partial charge in [0.2, 0.25) is 0 Å². The van der Waals surface area contributed by atoms with Crippen molar-refractivity contribution in [2.45, 2.75) is 38.5 Å². The van der Waals surface area contributed by atoms with Crippen LogP contribution in [0.5, 0.6) is 0 Å². The molecule has 1 fully saturated rings. The van der Waals surface area contributed by atoms with Crippen LogP contribution >= 0.6 is 15.9 Å². The van der Waals surface area contributed by atoms with Gasteiger partial charge in [0.05, 0.1) is 0 Å². The van der Waals surface area contributed by atoms with Crippen molar-refractivity contribution < 1.29 is 0 Å². The molecule has 0 atom stereocenters. The molecule has 0 bridgehead atoms. The van der Waals surface area contributed by atoms with E-state index in [1.807, 2.05) is 0 Å². The molecule has 0 radical (unpaired) electrons. The zero-order valence-electron chi connectivity index (χ0n) is 11.0. The van der Waals surface area contributed by atoms with Crippen LogP contribution in [0.2, 0.25) is 0 Å². The van der Waals surface area contributed by atoms with Gasteiger partial charge in [-0.1, -0.05) is 41.3 Å². The number of halogens is 1. The summed E-state index contributed by atoms with van der Waals surface area (Å²) < 4.78 is 1.17. The summed E-state index contributed by atoms with van der Waals surface area (Å²) in [5, 5.41) is 0. The van der Waals surface area contributed by atoms with Crippen LogP contribution in [0.25, 0.3) is 0 Å². The lowest BCUT2D eigenvalue weighted by Gasteiger charge is -2.29. The minimum absolute atomic E-state index is 0.725. The highest BCUT2D eigenvalue weighted by Gasteiger charge is 2.13. The van der Waals surface area contributed by atoms with Crippen LogP contribution in [0.1, 0.15) is 37.7 Å². The van der Waals surface area contributed by atoms with Crippen LogP contribution in [0.4, 0.5) is 5.69 Å². The fourth-order valence-corrected chi connectivity index (χ4v) is 3.04. The molecule has 1 aromatic rings. The molecule has 0 spiro atoms. The van der Waals surface area contributed by atoms with Gasteiger partial charge in [-0.2, -0.15) is 0 Å². The van der Waals surface area contributed by atoms with E-state index in [0.29, 0.717) is 0 Å². The molecule has 18 heavy (non-hydrogen) atoms. The topological polar surface area (TPSA) is 29.3 Å². The number of benzene rings is 1. The van der Waals surface area contributed by atoms with Crippen molar-refractivity contribution in [1.82, 2.24) is 0 Å². The predicted octanol–water partition coefficient (Wildman–Crippen LogP) is 3.72. The molecule has 0 aliphatic carbocycles. The molecule has 1 aliphatic rings. The second kappa shape index (κ2) is 7.15. The van der Waals surface area contributed by atoms with E-state index >= 15 is 0 Å². The van der Waals surface area contributed by atoms with E-state index in [1.54, 1.807) is 0 Å². The van der Waals surface area contributed by atoms with Gasteiger partial charge in [-0.15, -0.1) is 0 Å². The maximum absolute atomic E-state index is 5.72. The molecule has 100 valence electrons. The van der Waals surface area contributed by atoms with Crippen molar-refractivity contribution in [3.05, 3.63) is 28.2 Å². The molecule has 1 heterocycles. The van der Waals surface area contributed by atoms with E-state index < -0.39 is 0 Å². The summed E-state index contributed by atoms with van der Waals surface area (Å²) in [7, 11) is 0. The highest BCUT2D eigenvalue weighted by molar-refractivity contribution is 9.10. The van der Waals surface area contributed by atoms with Gasteiger partial charge in [0.1, 0.15) is 0 Å². The Hall–Kier alpha value is -0.540. The molecular formula is C15H23BrN2. The van der Waals surface area contributed by atoms with Crippen molar-refractivity contribution in [2.75, 3.05) is 24.5 Å². The Morgan fingerprint density at radius 1 is 1.06 bits per heavy atom. The molecule has 0 saturated carbocycles. The minimum Gasteiger partial charge on any atom is -0.371 e. The first-order valence-corrected chi connectivity index (χ1v) is 7.84. The lowest BCUT2D eigenvalue weighted by atomic mass is 10.0. The summed E-state index contributed by atoms with van der Waals surface area (Å²) in [5.74, 6) is 0. The van der Waals surface area contributed by atoms with E-state index in [-0.39, 0.29) is 0 Å². The molecule has 1 aliphatic heterocycles. The summed E-state index contributed by atoms with van der Waals surface area (Å²) in [4.78, 5) is 2.55. The zero-order valence-corrected chi connectivity index (χ0v) is 12.6. The van der Waals surface area contributed by atoms with Crippen LogP contribution in [0.15, 0.2) is 22.7 Å². The van der Waals surface area contributed by atoms with Gasteiger partial charge in [-0.05, 0) is 43.5 Å². The number of hydrogen-bond donors (Lipinski definition) is 1. The molecule has 0 amide bonds. The molecule has 1 saturated heterocycles. The highest BCUT2D eigenvalue weighted by atomic mass is 79.9. The summed E-state index contributed by atoms with van der Waals surface area (Å²) in [6, 6.07) is 6.59. The average molecular weight is 311 g/mol. The van der Waals surface area contributed by atoms with Gasteiger partial charge in [0, 0.05) is 23.2 Å². The maximum Gasteiger partial charge on any atom is 0.0410 e. The molecular weight excluding hydrogens is 288 g/mol. The molecule has 2 N–H and O–H groups in total. The standard InChI is InChI=1S/C15H23BrN2/c16-14-7-6-13(8-9-17)15(12-14)18-10-4-2-1-3-5-11-18/h6-7,12H,1-5,8-11,17H2. The van der Waals surface area contributed by atoms with Gasteiger partial charge in [-0.3, -0.25) is 0 Å². The van der Waals surface area contributed by atoms with Gasteiger partial charge in [-0.25, -0.2) is 0 Å². The normalized spacial score (nSPS) is 17.3. The first-order chi connectivity index (χ1) is 8.81. The van der Waals surface area contributed by atoms with Crippen LogP contribution < -0.4 is 10.6 Å². The lowest BCUT2D eigenvalue weighted by Crippen LogP contribution is -2.28. The van der Waals surface area contributed by atoms with E-state index in [4.69, 9.17) is 5.73 Å². The van der Waals surface area contributed by atoms with Gasteiger partial charge in [0.25, 0.3) is 0 Å². The summed E-state index contributed by atoms with van der Waals surface area (Å²) in [5.41, 5.74) is 8.50. The Kier molecular flexibility index (Phi) is 5.51. The first kappa shape index (κ1) is 13.9. The number of hydrogen-bond acceptors (Lipinski definition) is 2. The van der Waals surface area contributed by atoms with Crippen LogP contribution in [0, 0.1) is 0 Å². The fourth-order valence-electron chi connectivity index (χ4n) is 2.69. The van der Waals surface area contributed by atoms with E-state index in [1.165, 1.54) is 60.9 Å².